The van der Waals surface area contributed by atoms with Crippen LogP contribution in [-0.2, 0) is 0 Å². The first-order valence-corrected chi connectivity index (χ1v) is 8.72. The molecule has 13 nitrogen and oxygen atoms in total. The van der Waals surface area contributed by atoms with Gasteiger partial charge in [0.2, 0.25) is 11.6 Å². The highest BCUT2D eigenvalue weighted by Crippen LogP contribution is 2.28. The molecule has 31 heavy (non-hydrogen) atoms. The third-order valence-corrected chi connectivity index (χ3v) is 4.11. The van der Waals surface area contributed by atoms with Crippen molar-refractivity contribution in [2.45, 2.75) is 0 Å². The number of hydrogen-bond donors (Lipinski definition) is 2. The molecule has 4 aromatic rings. The molecule has 4 rings (SSSR count). The summed E-state index contributed by atoms with van der Waals surface area (Å²) in [6, 6.07) is 14.6. The van der Waals surface area contributed by atoms with Crippen molar-refractivity contribution < 1.29 is 14.3 Å². The maximum atomic E-state index is 12.7. The highest BCUT2D eigenvalue weighted by Gasteiger charge is 2.25. The molecule has 13 heteroatoms. The van der Waals surface area contributed by atoms with Crippen LogP contribution in [0.15, 0.2) is 64.3 Å². The Morgan fingerprint density at radius 2 is 1.90 bits per heavy atom. The smallest absolute Gasteiger partial charge is 0.294 e. The van der Waals surface area contributed by atoms with Crippen LogP contribution < -0.4 is 11.2 Å². The number of nitro benzene ring substituents is 1. The molecule has 2 aromatic carbocycles. The van der Waals surface area contributed by atoms with Gasteiger partial charge >= 0.3 is 0 Å². The Morgan fingerprint density at radius 1 is 1.16 bits per heavy atom. The number of nitrogens with one attached hydrogen (secondary N) is 1. The van der Waals surface area contributed by atoms with Gasteiger partial charge in [-0.05, 0) is 28.0 Å². The Kier molecular flexibility index (Phi) is 5.13. The van der Waals surface area contributed by atoms with Gasteiger partial charge in [-0.2, -0.15) is 9.78 Å². The van der Waals surface area contributed by atoms with Crippen molar-refractivity contribution in [2.75, 3.05) is 5.73 Å². The summed E-state index contributed by atoms with van der Waals surface area (Å²) in [5, 5.41) is 29.9. The molecule has 0 radical (unpaired) electrons. The van der Waals surface area contributed by atoms with E-state index in [1.165, 1.54) is 30.5 Å². The zero-order chi connectivity index (χ0) is 21.8. The number of aromatic nitrogens is 5. The highest BCUT2D eigenvalue weighted by molar-refractivity contribution is 5.98. The molecule has 0 aliphatic carbocycles. The van der Waals surface area contributed by atoms with Gasteiger partial charge in [-0.15, -0.1) is 5.10 Å². The molecule has 2 aromatic heterocycles. The Balaban J connectivity index is 1.71. The lowest BCUT2D eigenvalue weighted by molar-refractivity contribution is -0.384. The Bertz CT molecular complexity index is 1260. The van der Waals surface area contributed by atoms with E-state index >= 15 is 0 Å². The van der Waals surface area contributed by atoms with E-state index in [1.54, 1.807) is 0 Å². The zero-order valence-corrected chi connectivity index (χ0v) is 15.6. The number of amides is 1. The molecule has 0 aliphatic heterocycles. The fourth-order valence-electron chi connectivity index (χ4n) is 2.68. The van der Waals surface area contributed by atoms with E-state index in [4.69, 9.17) is 5.73 Å². The molecule has 0 spiro atoms. The van der Waals surface area contributed by atoms with Crippen LogP contribution >= 0.6 is 0 Å². The normalized spacial score (nSPS) is 11.0. The number of non-ortho nitro benzene ring substituents is 1. The Labute approximate surface area is 173 Å². The van der Waals surface area contributed by atoms with Gasteiger partial charge in [-0.3, -0.25) is 14.9 Å². The van der Waals surface area contributed by atoms with Crippen LogP contribution in [0, 0.1) is 10.1 Å². The van der Waals surface area contributed by atoms with Crippen molar-refractivity contribution in [1.29, 1.82) is 0 Å². The lowest BCUT2D eigenvalue weighted by Crippen LogP contribution is -2.19. The summed E-state index contributed by atoms with van der Waals surface area (Å²) >= 11 is 0. The number of nitrogen functional groups attached to an aromatic ring is 1. The molecule has 3 N–H and O–H groups in total. The molecule has 1 amide bonds. The molecule has 0 aliphatic rings. The fraction of sp³-hybridized carbons (Fsp3) is 0. The van der Waals surface area contributed by atoms with Gasteiger partial charge in [0.15, 0.2) is 5.69 Å². The molecular formula is C18H13N9O4. The molecule has 0 saturated heterocycles. The summed E-state index contributed by atoms with van der Waals surface area (Å²) in [7, 11) is 0. The first-order chi connectivity index (χ1) is 15.0. The first kappa shape index (κ1) is 19.4. The lowest BCUT2D eigenvalue weighted by Gasteiger charge is -2.05. The molecule has 2 heterocycles. The van der Waals surface area contributed by atoms with Crippen LogP contribution in [-0.4, -0.2) is 42.4 Å². The summed E-state index contributed by atoms with van der Waals surface area (Å²) < 4.78 is 5.75. The summed E-state index contributed by atoms with van der Waals surface area (Å²) in [6.45, 7) is 0. The van der Waals surface area contributed by atoms with Crippen LogP contribution in [0.2, 0.25) is 0 Å². The topological polar surface area (TPSA) is 180 Å². The second-order valence-corrected chi connectivity index (χ2v) is 6.09. The number of hydrogen-bond acceptors (Lipinski definition) is 10. The summed E-state index contributed by atoms with van der Waals surface area (Å²) in [5.74, 6) is -0.739. The van der Waals surface area contributed by atoms with E-state index in [9.17, 15) is 14.9 Å². The minimum Gasteiger partial charge on any atom is -0.378 e. The molecule has 0 fully saturated rings. The average Bonchev–Trinajstić information content (AvgIpc) is 3.40. The molecule has 0 unspecified atom stereocenters. The van der Waals surface area contributed by atoms with Gasteiger partial charge < -0.3 is 5.73 Å². The van der Waals surface area contributed by atoms with Crippen molar-refractivity contribution in [3.05, 3.63) is 76.0 Å². The Morgan fingerprint density at radius 3 is 2.55 bits per heavy atom. The number of benzene rings is 2. The first-order valence-electron chi connectivity index (χ1n) is 8.72. The number of rotatable bonds is 6. The molecule has 154 valence electrons. The highest BCUT2D eigenvalue weighted by atomic mass is 16.6. The molecular weight excluding hydrogens is 406 g/mol. The number of hydrazone groups is 1. The van der Waals surface area contributed by atoms with Crippen molar-refractivity contribution in [3.63, 3.8) is 0 Å². The number of carbonyl (C=O) groups is 1. The van der Waals surface area contributed by atoms with Gasteiger partial charge in [0.05, 0.1) is 11.1 Å². The standard InChI is InChI=1S/C18H13N9O4/c19-16-17(24-31-23-16)26-15(12-6-8-13(9-7-12)27(29)30)14(21-25-26)18(28)22-20-10-11-4-2-1-3-5-11/h1-10H,(H2,19,23)(H,22,28)/b20-10+. The molecule has 0 saturated carbocycles. The van der Waals surface area contributed by atoms with Crippen molar-refractivity contribution in [3.8, 4) is 17.1 Å². The average molecular weight is 419 g/mol. The Hall–Kier alpha value is -4.94. The fourth-order valence-corrected chi connectivity index (χ4v) is 2.68. The predicted molar refractivity (Wildman–Crippen MR) is 107 cm³/mol. The maximum Gasteiger partial charge on any atom is 0.294 e. The summed E-state index contributed by atoms with van der Waals surface area (Å²) in [6.07, 6.45) is 1.47. The number of anilines is 1. The third-order valence-electron chi connectivity index (χ3n) is 4.11. The second-order valence-electron chi connectivity index (χ2n) is 6.09. The van der Waals surface area contributed by atoms with E-state index in [1.807, 2.05) is 30.3 Å². The minimum atomic E-state index is -0.665. The summed E-state index contributed by atoms with van der Waals surface area (Å²) in [5.41, 5.74) is 9.24. The zero-order valence-electron chi connectivity index (χ0n) is 15.6. The van der Waals surface area contributed by atoms with E-state index in [0.29, 0.717) is 5.56 Å². The quantitative estimate of drug-likeness (QED) is 0.266. The monoisotopic (exact) mass is 419 g/mol. The van der Waals surface area contributed by atoms with Crippen LogP contribution in [0.3, 0.4) is 0 Å². The minimum absolute atomic E-state index is 0.00712. The molecule has 0 atom stereocenters. The lowest BCUT2D eigenvalue weighted by atomic mass is 10.1. The van der Waals surface area contributed by atoms with E-state index < -0.39 is 10.8 Å². The van der Waals surface area contributed by atoms with Gasteiger partial charge in [-0.1, -0.05) is 35.5 Å². The van der Waals surface area contributed by atoms with Crippen molar-refractivity contribution in [1.82, 2.24) is 30.7 Å². The number of carbonyl (C=O) groups excluding carboxylic acids is 1. The van der Waals surface area contributed by atoms with E-state index in [2.05, 4.69) is 35.8 Å². The van der Waals surface area contributed by atoms with Crippen LogP contribution in [0.5, 0.6) is 0 Å². The maximum absolute atomic E-state index is 12.7. The summed E-state index contributed by atoms with van der Waals surface area (Å²) in [4.78, 5) is 23.2. The van der Waals surface area contributed by atoms with Gasteiger partial charge in [0, 0.05) is 17.7 Å². The third kappa shape index (κ3) is 3.95. The molecule has 0 bridgehead atoms. The second kappa shape index (κ2) is 8.20. The van der Waals surface area contributed by atoms with Gasteiger partial charge in [0.25, 0.3) is 11.6 Å². The van der Waals surface area contributed by atoms with Crippen molar-refractivity contribution >= 4 is 23.6 Å². The van der Waals surface area contributed by atoms with Crippen LogP contribution in [0.4, 0.5) is 11.5 Å². The van der Waals surface area contributed by atoms with E-state index in [-0.39, 0.29) is 28.7 Å². The number of nitrogens with two attached hydrogens (primary N) is 1. The van der Waals surface area contributed by atoms with Gasteiger partial charge in [0.1, 0.15) is 5.69 Å². The number of nitrogens with zero attached hydrogens (tertiary/aromatic N) is 7. The predicted octanol–water partition coefficient (Wildman–Crippen LogP) is 1.57. The SMILES string of the molecule is Nc1nonc1-n1nnc(C(=O)N/N=C/c2ccccc2)c1-c1ccc([N+](=O)[O-])cc1. The van der Waals surface area contributed by atoms with E-state index in [0.717, 1.165) is 10.2 Å². The van der Waals surface area contributed by atoms with Crippen LogP contribution in [0.25, 0.3) is 17.1 Å². The largest absolute Gasteiger partial charge is 0.378 e. The van der Waals surface area contributed by atoms with Crippen LogP contribution in [0.1, 0.15) is 16.1 Å². The number of nitro groups is 1. The van der Waals surface area contributed by atoms with Gasteiger partial charge in [-0.25, -0.2) is 10.1 Å². The van der Waals surface area contributed by atoms with Crippen molar-refractivity contribution in [2.24, 2.45) is 5.10 Å².